The molecule has 8 heteroatoms. The van der Waals surface area contributed by atoms with Gasteiger partial charge < -0.3 is 19.9 Å². The van der Waals surface area contributed by atoms with Crippen LogP contribution in [-0.2, 0) is 9.84 Å². The van der Waals surface area contributed by atoms with E-state index < -0.39 is 15.9 Å². The summed E-state index contributed by atoms with van der Waals surface area (Å²) in [5.74, 6) is 1.20. The summed E-state index contributed by atoms with van der Waals surface area (Å²) < 4.78 is 33.7. The summed E-state index contributed by atoms with van der Waals surface area (Å²) in [4.78, 5) is 0.228. The minimum Gasteiger partial charge on any atom is -0.492 e. The van der Waals surface area contributed by atoms with E-state index >= 15 is 0 Å². The lowest BCUT2D eigenvalue weighted by molar-refractivity contribution is 0.105. The van der Waals surface area contributed by atoms with Gasteiger partial charge in [-0.25, -0.2) is 8.42 Å². The highest BCUT2D eigenvalue weighted by Gasteiger charge is 2.08. The molecule has 0 fully saturated rings. The first kappa shape index (κ1) is 20.5. The quantitative estimate of drug-likeness (QED) is 0.595. The van der Waals surface area contributed by atoms with Gasteiger partial charge in [-0.05, 0) is 42.5 Å². The molecule has 142 valence electrons. The summed E-state index contributed by atoms with van der Waals surface area (Å²) in [6.07, 6.45) is 0.449. The average molecular weight is 400 g/mol. The Morgan fingerprint density at radius 3 is 2.50 bits per heavy atom. The first-order chi connectivity index (χ1) is 12.3. The van der Waals surface area contributed by atoms with Crippen LogP contribution in [0.25, 0.3) is 0 Å². The van der Waals surface area contributed by atoms with Gasteiger partial charge in [0.2, 0.25) is 0 Å². The van der Waals surface area contributed by atoms with Gasteiger partial charge in [-0.2, -0.15) is 0 Å². The van der Waals surface area contributed by atoms with Crippen molar-refractivity contribution in [3.63, 3.8) is 0 Å². The van der Waals surface area contributed by atoms with Crippen LogP contribution in [-0.4, -0.2) is 52.2 Å². The third kappa shape index (κ3) is 7.21. The zero-order chi connectivity index (χ0) is 19.0. The highest BCUT2D eigenvalue weighted by molar-refractivity contribution is 7.90. The van der Waals surface area contributed by atoms with Crippen molar-refractivity contribution in [3.8, 4) is 11.5 Å². The number of aliphatic hydroxyl groups excluding tert-OH is 1. The predicted molar refractivity (Wildman–Crippen MR) is 101 cm³/mol. The number of rotatable bonds is 10. The molecule has 2 aromatic carbocycles. The maximum atomic E-state index is 11.4. The minimum atomic E-state index is -3.23. The lowest BCUT2D eigenvalue weighted by Gasteiger charge is -2.14. The molecular weight excluding hydrogens is 378 g/mol. The molecule has 0 aromatic heterocycles. The van der Waals surface area contributed by atoms with Gasteiger partial charge in [-0.15, -0.1) is 0 Å². The molecule has 26 heavy (non-hydrogen) atoms. The SMILES string of the molecule is CS(=O)(=O)c1ccc(OCC(O)CNCCOc2cccc(Cl)c2)cc1. The fraction of sp³-hybridized carbons (Fsp3) is 0.333. The molecule has 1 unspecified atom stereocenters. The number of aliphatic hydroxyl groups is 1. The standard InChI is InChI=1S/C18H22ClNO5S/c1-26(22,23)18-7-5-16(6-8-18)25-13-15(21)12-20-9-10-24-17-4-2-3-14(19)11-17/h2-8,11,15,20-21H,9-10,12-13H2,1H3. The number of sulfone groups is 1. The monoisotopic (exact) mass is 399 g/mol. The van der Waals surface area contributed by atoms with Crippen LogP contribution < -0.4 is 14.8 Å². The van der Waals surface area contributed by atoms with Crippen LogP contribution in [0.2, 0.25) is 5.02 Å². The van der Waals surface area contributed by atoms with Crippen LogP contribution in [0.15, 0.2) is 53.4 Å². The number of nitrogens with one attached hydrogen (secondary N) is 1. The molecule has 0 aliphatic carbocycles. The highest BCUT2D eigenvalue weighted by atomic mass is 35.5. The molecule has 2 aromatic rings. The summed E-state index contributed by atoms with van der Waals surface area (Å²) in [6.45, 7) is 1.45. The first-order valence-electron chi connectivity index (χ1n) is 8.04. The third-order valence-electron chi connectivity index (χ3n) is 3.42. The predicted octanol–water partition coefficient (Wildman–Crippen LogP) is 2.15. The van der Waals surface area contributed by atoms with E-state index in [-0.39, 0.29) is 11.5 Å². The van der Waals surface area contributed by atoms with Gasteiger partial charge in [0.25, 0.3) is 0 Å². The summed E-state index contributed by atoms with van der Waals surface area (Å²) in [5.41, 5.74) is 0. The van der Waals surface area contributed by atoms with Crippen molar-refractivity contribution in [2.45, 2.75) is 11.0 Å². The second-order valence-electron chi connectivity index (χ2n) is 5.72. The molecule has 0 amide bonds. The molecule has 2 N–H and O–H groups in total. The topological polar surface area (TPSA) is 84.9 Å². The molecular formula is C18H22ClNO5S. The normalized spacial score (nSPS) is 12.6. The zero-order valence-corrected chi connectivity index (χ0v) is 16.0. The van der Waals surface area contributed by atoms with Gasteiger partial charge in [0.05, 0.1) is 4.90 Å². The van der Waals surface area contributed by atoms with Gasteiger partial charge in [0, 0.05) is 24.4 Å². The Hall–Kier alpha value is -1.80. The largest absolute Gasteiger partial charge is 0.492 e. The van der Waals surface area contributed by atoms with E-state index in [9.17, 15) is 13.5 Å². The lowest BCUT2D eigenvalue weighted by atomic mass is 10.3. The second kappa shape index (κ2) is 9.78. The van der Waals surface area contributed by atoms with Crippen LogP contribution in [0.5, 0.6) is 11.5 Å². The van der Waals surface area contributed by atoms with Crippen molar-refractivity contribution in [2.24, 2.45) is 0 Å². The van der Waals surface area contributed by atoms with Crippen LogP contribution in [0.4, 0.5) is 0 Å². The van der Waals surface area contributed by atoms with Gasteiger partial charge in [-0.3, -0.25) is 0 Å². The Balaban J connectivity index is 1.62. The van der Waals surface area contributed by atoms with Crippen LogP contribution in [0.3, 0.4) is 0 Å². The maximum Gasteiger partial charge on any atom is 0.175 e. The minimum absolute atomic E-state index is 0.0976. The van der Waals surface area contributed by atoms with Gasteiger partial charge in [0.15, 0.2) is 9.84 Å². The van der Waals surface area contributed by atoms with E-state index in [4.69, 9.17) is 21.1 Å². The van der Waals surface area contributed by atoms with Crippen molar-refractivity contribution in [3.05, 3.63) is 53.6 Å². The Kier molecular flexibility index (Phi) is 7.71. The van der Waals surface area contributed by atoms with Gasteiger partial charge in [0.1, 0.15) is 30.8 Å². The smallest absolute Gasteiger partial charge is 0.175 e. The van der Waals surface area contributed by atoms with Gasteiger partial charge >= 0.3 is 0 Å². The summed E-state index contributed by atoms with van der Waals surface area (Å²) >= 11 is 5.87. The molecule has 0 saturated carbocycles. The Morgan fingerprint density at radius 2 is 1.85 bits per heavy atom. The van der Waals surface area contributed by atoms with Crippen molar-refractivity contribution in [2.75, 3.05) is 32.6 Å². The molecule has 1 atom stereocenters. The molecule has 0 bridgehead atoms. The summed E-state index contributed by atoms with van der Waals surface area (Å²) in [6, 6.07) is 13.2. The second-order valence-corrected chi connectivity index (χ2v) is 8.17. The lowest BCUT2D eigenvalue weighted by Crippen LogP contribution is -2.33. The number of hydrogen-bond acceptors (Lipinski definition) is 6. The maximum absolute atomic E-state index is 11.4. The molecule has 6 nitrogen and oxygen atoms in total. The molecule has 0 aliphatic rings. The average Bonchev–Trinajstić information content (AvgIpc) is 2.59. The zero-order valence-electron chi connectivity index (χ0n) is 14.4. The van der Waals surface area contributed by atoms with E-state index in [1.807, 2.05) is 12.1 Å². The fourth-order valence-corrected chi connectivity index (χ4v) is 2.91. The van der Waals surface area contributed by atoms with E-state index in [0.29, 0.717) is 36.2 Å². The van der Waals surface area contributed by atoms with Crippen molar-refractivity contribution in [1.82, 2.24) is 5.32 Å². The molecule has 0 radical (unpaired) electrons. The van der Waals surface area contributed by atoms with Gasteiger partial charge in [-0.1, -0.05) is 17.7 Å². The van der Waals surface area contributed by atoms with Crippen molar-refractivity contribution >= 4 is 21.4 Å². The Labute approximate surface area is 158 Å². The fourth-order valence-electron chi connectivity index (χ4n) is 2.10. The third-order valence-corrected chi connectivity index (χ3v) is 4.78. The number of benzene rings is 2. The first-order valence-corrected chi connectivity index (χ1v) is 10.3. The van der Waals surface area contributed by atoms with E-state index in [0.717, 1.165) is 6.26 Å². The van der Waals surface area contributed by atoms with E-state index in [1.165, 1.54) is 12.1 Å². The number of hydrogen-bond donors (Lipinski definition) is 2. The van der Waals surface area contributed by atoms with Crippen LogP contribution >= 0.6 is 11.6 Å². The highest BCUT2D eigenvalue weighted by Crippen LogP contribution is 2.17. The molecule has 0 aliphatic heterocycles. The van der Waals surface area contributed by atoms with Crippen molar-refractivity contribution in [1.29, 1.82) is 0 Å². The number of halogens is 1. The van der Waals surface area contributed by atoms with Crippen molar-refractivity contribution < 1.29 is 23.0 Å². The Bertz CT molecular complexity index is 795. The molecule has 0 spiro atoms. The molecule has 2 rings (SSSR count). The Morgan fingerprint density at radius 1 is 1.12 bits per heavy atom. The van der Waals surface area contributed by atoms with E-state index in [2.05, 4.69) is 5.32 Å². The van der Waals surface area contributed by atoms with E-state index in [1.54, 1.807) is 24.3 Å². The van der Waals surface area contributed by atoms with Crippen LogP contribution in [0.1, 0.15) is 0 Å². The van der Waals surface area contributed by atoms with Crippen LogP contribution in [0, 0.1) is 0 Å². The molecule has 0 saturated heterocycles. The molecule has 0 heterocycles. The summed E-state index contributed by atoms with van der Waals surface area (Å²) in [5, 5.41) is 13.6. The number of ether oxygens (including phenoxy) is 2. The summed E-state index contributed by atoms with van der Waals surface area (Å²) in [7, 11) is -3.23.